The molecule has 13 rings (SSSR count). The smallest absolute Gasteiger partial charge is 0.414 e. The Kier molecular flexibility index (Phi) is 89.9. The molecule has 44 nitrogen and oxygen atoms in total. The molecule has 2 amide bonds. The molecule has 0 fully saturated rings. The highest BCUT2D eigenvalue weighted by atomic mass is 16.4. The Morgan fingerprint density at radius 3 is 0.647 bits per heavy atom. The monoisotopic (exact) mass is 2100 g/mol. The summed E-state index contributed by atoms with van der Waals surface area (Å²) in [6.07, 6.45) is 0. The quantitative estimate of drug-likeness (QED) is 0.0104. The number of para-hydroxylation sites is 6. The molecule has 150 heavy (non-hydrogen) atoms. The molecule has 0 unspecified atom stereocenters. The van der Waals surface area contributed by atoms with Crippen LogP contribution in [0.2, 0.25) is 0 Å². The van der Waals surface area contributed by atoms with Crippen molar-refractivity contribution in [2.24, 2.45) is 22.9 Å². The Hall–Kier alpha value is -17.7. The lowest BCUT2D eigenvalue weighted by atomic mass is 10.0. The van der Waals surface area contributed by atoms with Crippen LogP contribution in [-0.2, 0) is 57.5 Å². The first-order valence-electron chi connectivity index (χ1n) is 46.1. The topological polar surface area (TPSA) is 842 Å². The van der Waals surface area contributed by atoms with E-state index in [9.17, 15) is 53.7 Å². The second-order valence-corrected chi connectivity index (χ2v) is 26.9. The number of nitrogens with zero attached hydrogens (tertiary/aromatic N) is 4. The van der Waals surface area contributed by atoms with E-state index in [1.807, 2.05) is 244 Å². The summed E-state index contributed by atoms with van der Waals surface area (Å²) in [6.45, 7) is 28.9. The Labute approximate surface area is 871 Å². The van der Waals surface area contributed by atoms with E-state index in [4.69, 9.17) is 142 Å². The number of hydrogen-bond donors (Lipinski definition) is 28. The molecule has 44 heteroatoms. The van der Waals surface area contributed by atoms with Crippen molar-refractivity contribution in [1.82, 2.24) is 9.80 Å². The fourth-order valence-corrected chi connectivity index (χ4v) is 10.7. The number of aliphatic hydroxyl groups excluding tert-OH is 4. The molecule has 826 valence electrons. The SMILES string of the molecule is C=O.C=O.CC.CC.CC.CC.CC.CC.CC.NC(=O)C(N)=O.NCCN.Nc1cc2cc3ccccc3cc2cc1N.Nc1cc2ccccc2cc1N.Nc1ccccc1N.O=C(O)C(=O)O.O=C(O)CN(CO)CCN(CC(=O)O)CC(=O)O.O=C(O)CN(CO)c1ccccc1N(CC(=O)O)CC(=O)O.OCCO.Oc1cc2cc3ccccc3cc2cc1O.Oc1cc2ccccc2cc1O.Oc1ccccc1O. The highest BCUT2D eigenvalue weighted by molar-refractivity contribution is 6.33. The van der Waals surface area contributed by atoms with Crippen molar-refractivity contribution < 1.29 is 149 Å². The van der Waals surface area contributed by atoms with Crippen LogP contribution in [0.5, 0.6) is 34.5 Å². The zero-order valence-electron chi connectivity index (χ0n) is 86.9. The van der Waals surface area contributed by atoms with Gasteiger partial charge in [-0.05, 0) is 174 Å². The van der Waals surface area contributed by atoms with E-state index in [2.05, 4.69) is 35.7 Å². The molecule has 0 aliphatic carbocycles. The molecule has 0 aliphatic rings. The largest absolute Gasteiger partial charge is 0.504 e. The first-order valence-corrected chi connectivity index (χ1v) is 46.1. The average molecular weight is 2100 g/mol. The molecule has 0 radical (unpaired) electrons. The summed E-state index contributed by atoms with van der Waals surface area (Å²) < 4.78 is 0. The van der Waals surface area contributed by atoms with Crippen LogP contribution in [0.1, 0.15) is 96.9 Å². The third-order valence-electron chi connectivity index (χ3n) is 16.8. The van der Waals surface area contributed by atoms with Crippen molar-refractivity contribution in [3.63, 3.8) is 0 Å². The van der Waals surface area contributed by atoms with Gasteiger partial charge in [0.1, 0.15) is 39.9 Å². The van der Waals surface area contributed by atoms with Crippen LogP contribution in [0.15, 0.2) is 243 Å². The number of phenolic OH excluding ortho intramolecular Hbond substituents is 6. The summed E-state index contributed by atoms with van der Waals surface area (Å²) in [5.74, 6) is -13.5. The molecule has 0 spiro atoms. The summed E-state index contributed by atoms with van der Waals surface area (Å²) in [4.78, 5) is 122. The fourth-order valence-electron chi connectivity index (χ4n) is 10.7. The maximum absolute atomic E-state index is 10.9. The highest BCUT2D eigenvalue weighted by Gasteiger charge is 2.22. The minimum atomic E-state index is -1.82. The van der Waals surface area contributed by atoms with E-state index >= 15 is 0 Å². The van der Waals surface area contributed by atoms with Gasteiger partial charge < -0.3 is 169 Å². The first-order chi connectivity index (χ1) is 71.4. The number of amides is 2. The number of anilines is 8. The van der Waals surface area contributed by atoms with Crippen molar-refractivity contribution in [2.45, 2.75) is 96.9 Å². The van der Waals surface area contributed by atoms with Crippen LogP contribution in [-0.4, -0.2) is 267 Å². The zero-order valence-corrected chi connectivity index (χ0v) is 86.9. The number of hydrogen-bond acceptors (Lipinski definition) is 34. The summed E-state index contributed by atoms with van der Waals surface area (Å²) in [7, 11) is 0. The predicted molar refractivity (Wildman–Crippen MR) is 594 cm³/mol. The van der Waals surface area contributed by atoms with Gasteiger partial charge in [0.25, 0.3) is 0 Å². The van der Waals surface area contributed by atoms with Crippen molar-refractivity contribution in [3.05, 3.63) is 243 Å². The van der Waals surface area contributed by atoms with E-state index in [1.165, 1.54) is 35.0 Å². The van der Waals surface area contributed by atoms with Crippen LogP contribution in [0, 0.1) is 0 Å². The number of carbonyl (C=O) groups is 12. The number of carboxylic acids is 8. The second kappa shape index (κ2) is 91.3. The molecule has 38 N–H and O–H groups in total. The average Bonchev–Trinajstić information content (AvgIpc) is 0.791. The molecule has 13 aromatic rings. The lowest BCUT2D eigenvalue weighted by molar-refractivity contribution is -0.159. The Morgan fingerprint density at radius 2 is 0.433 bits per heavy atom. The van der Waals surface area contributed by atoms with Crippen molar-refractivity contribution in [1.29, 1.82) is 0 Å². The van der Waals surface area contributed by atoms with Crippen LogP contribution in [0.3, 0.4) is 0 Å². The van der Waals surface area contributed by atoms with Gasteiger partial charge in [-0.25, -0.2) is 9.59 Å². The third-order valence-corrected chi connectivity index (χ3v) is 16.8. The van der Waals surface area contributed by atoms with E-state index in [1.54, 1.807) is 60.7 Å². The number of aliphatic carboxylic acids is 8. The van der Waals surface area contributed by atoms with Crippen molar-refractivity contribution in [3.8, 4) is 34.5 Å². The minimum Gasteiger partial charge on any atom is -0.504 e. The van der Waals surface area contributed by atoms with Gasteiger partial charge in [0.2, 0.25) is 0 Å². The number of aliphatic hydroxyl groups is 4. The number of aromatic hydroxyl groups is 6. The van der Waals surface area contributed by atoms with Crippen LogP contribution in [0.25, 0.3) is 64.6 Å². The molecule has 0 saturated carbocycles. The van der Waals surface area contributed by atoms with Gasteiger partial charge in [0.15, 0.2) is 34.5 Å². The van der Waals surface area contributed by atoms with Gasteiger partial charge in [-0.3, -0.25) is 48.2 Å². The second-order valence-electron chi connectivity index (χ2n) is 26.9. The van der Waals surface area contributed by atoms with Crippen molar-refractivity contribution >= 4 is 183 Å². The van der Waals surface area contributed by atoms with Gasteiger partial charge >= 0.3 is 59.6 Å². The number of nitrogens with two attached hydrogens (primary N) is 10. The lowest BCUT2D eigenvalue weighted by Gasteiger charge is -2.28. The van der Waals surface area contributed by atoms with E-state index in [0.717, 1.165) is 73.5 Å². The number of phenols is 6. The van der Waals surface area contributed by atoms with E-state index in [-0.39, 0.29) is 72.2 Å². The molecular weight excluding hydrogens is 1950 g/mol. The summed E-state index contributed by atoms with van der Waals surface area (Å²) in [6, 6.07) is 73.5. The van der Waals surface area contributed by atoms with Gasteiger partial charge in [0, 0.05) is 26.2 Å². The maximum atomic E-state index is 10.9. The molecule has 0 saturated heterocycles. The molecule has 0 heterocycles. The molecule has 0 bridgehead atoms. The summed E-state index contributed by atoms with van der Waals surface area (Å²) >= 11 is 0. The van der Waals surface area contributed by atoms with E-state index in [0.29, 0.717) is 47.2 Å². The maximum Gasteiger partial charge on any atom is 0.414 e. The Bertz CT molecular complexity index is 5430. The number of fused-ring (bicyclic) bond motifs is 6. The summed E-state index contributed by atoms with van der Waals surface area (Å²) in [5, 5.41) is 168. The predicted octanol–water partition coefficient (Wildman–Crippen LogP) is 11.9. The number of benzene rings is 13. The highest BCUT2D eigenvalue weighted by Crippen LogP contribution is 2.35. The van der Waals surface area contributed by atoms with Crippen LogP contribution >= 0.6 is 0 Å². The fraction of sp³-hybridized carbons (Fsp3) is 0.264. The minimum absolute atomic E-state index is 0.0342. The molecular formula is C106H152N14O30. The number of rotatable bonds is 21. The van der Waals surface area contributed by atoms with Gasteiger partial charge in [0.05, 0.1) is 85.1 Å². The zero-order chi connectivity index (χ0) is 117. The van der Waals surface area contributed by atoms with Crippen LogP contribution in [0.4, 0.5) is 45.5 Å². The summed E-state index contributed by atoms with van der Waals surface area (Å²) in [5.41, 5.74) is 56.5. The lowest BCUT2D eigenvalue weighted by Crippen LogP contribution is -2.42. The van der Waals surface area contributed by atoms with Gasteiger partial charge in [-0.2, -0.15) is 0 Å². The Morgan fingerprint density at radius 1 is 0.240 bits per heavy atom. The first kappa shape index (κ1) is 148. The molecule has 0 aromatic heterocycles. The van der Waals surface area contributed by atoms with Gasteiger partial charge in [-0.1, -0.05) is 230 Å². The normalized spacial score (nSPS) is 9.05. The number of carboxylic acid groups (broad SMARTS) is 8. The number of nitrogen functional groups attached to an aromatic ring is 6. The standard InChI is InChI=1S/C14H12N2.C14H10O2.C13H16N2O7.C10H10N2.C10H8O2.C9H16N2O7.C6H8N2.C6H6O2.C2H4N2O2.C2H8N2.C2H2O4.C2H6O2.7C2H6.2CH2O/c2*15-13-7-11-5-9-3-1-2-4-10(9)6-12(11)8-14(13)16;16-8-15(7-13(21)22)10-4-2-1-3-9(10)14(5-11(17)18)6-12(19)20;2*11-9-5-7-3-1-2-4-8(7)6-10(9)12;12-6-11(5-9(17)18)2-1-10(3-7(13)14)4-8(15)16;2*7-5-3-1-2-4-6(5)8;3-1(5)2(4)6;3-1-2-4;3-1(4)2(5)6;3-1-2-4;9*1-2/h1-8H,15-16H2;1-8,15-16H;1-4,16H,5-8H2,(H,17,18)(H,19,20)(H,21,22);1-6H,11-12H2;1-6,11-12H;12H,1-6H2,(H,13,14)(H,15,16)(H,17,18);1-4H,7-8H2;1-4,7-8H;(H2,3,5)(H2,4,6);1-4H2;(H,3,4)(H,5,6);3-4H,1-2H2;7*1-2H3;2*1H2. The number of carbonyl (C=O) groups excluding carboxylic acids is 4. The third kappa shape index (κ3) is 65.6. The molecule has 0 aliphatic heterocycles. The number of primary amides is 2. The Balaban J connectivity index is -0.000000247. The van der Waals surface area contributed by atoms with E-state index < -0.39 is 112 Å². The van der Waals surface area contributed by atoms with Crippen molar-refractivity contribution in [2.75, 3.05) is 136 Å². The van der Waals surface area contributed by atoms with Gasteiger partial charge in [-0.15, -0.1) is 0 Å². The molecule has 0 atom stereocenters. The molecule has 13 aromatic carbocycles. The van der Waals surface area contributed by atoms with Crippen LogP contribution < -0.4 is 67.1 Å².